The van der Waals surface area contributed by atoms with Crippen LogP contribution in [0, 0.1) is 6.92 Å². The van der Waals surface area contributed by atoms with E-state index in [0.29, 0.717) is 18.0 Å². The molecule has 0 aliphatic rings. The fourth-order valence-corrected chi connectivity index (χ4v) is 1.64. The van der Waals surface area contributed by atoms with Gasteiger partial charge in [-0.3, -0.25) is 4.57 Å². The zero-order valence-corrected chi connectivity index (χ0v) is 8.54. The van der Waals surface area contributed by atoms with E-state index in [1.54, 1.807) is 4.57 Å². The molecule has 0 unspecified atom stereocenters. The summed E-state index contributed by atoms with van der Waals surface area (Å²) in [4.78, 5) is 11.4. The Morgan fingerprint density at radius 3 is 3.00 bits per heavy atom. The molecule has 0 spiro atoms. The van der Waals surface area contributed by atoms with Gasteiger partial charge in [0.15, 0.2) is 5.58 Å². The molecule has 0 N–H and O–H groups in total. The lowest BCUT2D eigenvalue weighted by Gasteiger charge is -1.97. The third kappa shape index (κ3) is 1.44. The third-order valence-corrected chi connectivity index (χ3v) is 2.30. The zero-order chi connectivity index (χ0) is 10.1. The second kappa shape index (κ2) is 3.50. The van der Waals surface area contributed by atoms with Crippen molar-refractivity contribution < 1.29 is 4.42 Å². The number of oxazole rings is 1. The fraction of sp³-hybridized carbons (Fsp3) is 0.300. The molecule has 3 nitrogen and oxygen atoms in total. The maximum Gasteiger partial charge on any atom is 0.419 e. The van der Waals surface area contributed by atoms with Crippen molar-refractivity contribution in [3.63, 3.8) is 0 Å². The Bertz CT molecular complexity index is 512. The van der Waals surface area contributed by atoms with E-state index in [2.05, 4.69) is 0 Å². The van der Waals surface area contributed by atoms with Crippen molar-refractivity contribution in [3.05, 3.63) is 34.3 Å². The molecule has 1 aromatic heterocycles. The summed E-state index contributed by atoms with van der Waals surface area (Å²) in [7, 11) is 0. The van der Waals surface area contributed by atoms with Gasteiger partial charge in [-0.2, -0.15) is 0 Å². The number of aryl methyl sites for hydroxylation is 2. The van der Waals surface area contributed by atoms with Crippen LogP contribution >= 0.6 is 11.6 Å². The molecule has 0 aliphatic heterocycles. The van der Waals surface area contributed by atoms with Crippen LogP contribution in [0.3, 0.4) is 0 Å². The van der Waals surface area contributed by atoms with Gasteiger partial charge < -0.3 is 4.42 Å². The van der Waals surface area contributed by atoms with Gasteiger partial charge in [-0.25, -0.2) is 4.79 Å². The van der Waals surface area contributed by atoms with Crippen molar-refractivity contribution in [3.8, 4) is 0 Å². The largest absolute Gasteiger partial charge is 0.419 e. The molecule has 2 aromatic rings. The highest BCUT2D eigenvalue weighted by Crippen LogP contribution is 2.14. The summed E-state index contributed by atoms with van der Waals surface area (Å²) in [5, 5.41) is 0. The van der Waals surface area contributed by atoms with E-state index in [0.717, 1.165) is 11.1 Å². The summed E-state index contributed by atoms with van der Waals surface area (Å²) >= 11 is 5.60. The van der Waals surface area contributed by atoms with E-state index < -0.39 is 0 Å². The lowest BCUT2D eigenvalue weighted by molar-refractivity contribution is 0.514. The number of benzene rings is 1. The van der Waals surface area contributed by atoms with Crippen LogP contribution in [0.5, 0.6) is 0 Å². The van der Waals surface area contributed by atoms with Crippen LogP contribution < -0.4 is 5.76 Å². The molecule has 0 fully saturated rings. The van der Waals surface area contributed by atoms with E-state index in [-0.39, 0.29) is 5.76 Å². The molecule has 14 heavy (non-hydrogen) atoms. The minimum absolute atomic E-state index is 0.341. The number of halogens is 1. The van der Waals surface area contributed by atoms with Crippen LogP contribution in [0.4, 0.5) is 0 Å². The third-order valence-electron chi connectivity index (χ3n) is 2.13. The van der Waals surface area contributed by atoms with Gasteiger partial charge in [0.25, 0.3) is 0 Å². The van der Waals surface area contributed by atoms with Crippen LogP contribution in [0.1, 0.15) is 5.56 Å². The Hall–Kier alpha value is -1.22. The van der Waals surface area contributed by atoms with Crippen LogP contribution in [0.25, 0.3) is 11.1 Å². The quantitative estimate of drug-likeness (QED) is 0.714. The lowest BCUT2D eigenvalue weighted by atomic mass is 10.2. The highest BCUT2D eigenvalue weighted by molar-refractivity contribution is 6.17. The van der Waals surface area contributed by atoms with Gasteiger partial charge in [0.1, 0.15) is 0 Å². The van der Waals surface area contributed by atoms with Gasteiger partial charge >= 0.3 is 5.76 Å². The second-order valence-electron chi connectivity index (χ2n) is 3.18. The van der Waals surface area contributed by atoms with Crippen molar-refractivity contribution in [2.24, 2.45) is 0 Å². The molecule has 4 heteroatoms. The first-order chi connectivity index (χ1) is 6.72. The first kappa shape index (κ1) is 9.34. The zero-order valence-electron chi connectivity index (χ0n) is 7.79. The number of fused-ring (bicyclic) bond motifs is 1. The molecule has 0 bridgehead atoms. The van der Waals surface area contributed by atoms with Gasteiger partial charge in [0, 0.05) is 12.4 Å². The van der Waals surface area contributed by atoms with Crippen LogP contribution in [0.2, 0.25) is 0 Å². The van der Waals surface area contributed by atoms with E-state index in [9.17, 15) is 4.79 Å². The maximum atomic E-state index is 11.4. The molecule has 0 aliphatic carbocycles. The van der Waals surface area contributed by atoms with Gasteiger partial charge in [-0.05, 0) is 24.6 Å². The Balaban J connectivity index is 2.71. The number of hydrogen-bond donors (Lipinski definition) is 0. The molecule has 0 atom stereocenters. The van der Waals surface area contributed by atoms with Crippen molar-refractivity contribution in [1.29, 1.82) is 0 Å². The molecular weight excluding hydrogens is 202 g/mol. The predicted molar refractivity (Wildman–Crippen MR) is 55.9 cm³/mol. The molecule has 1 heterocycles. The number of aromatic nitrogens is 1. The Morgan fingerprint density at radius 1 is 1.50 bits per heavy atom. The monoisotopic (exact) mass is 211 g/mol. The number of hydrogen-bond acceptors (Lipinski definition) is 2. The standard InChI is InChI=1S/C10H10ClNO2/c1-7-2-3-8-9(6-7)14-10(13)12(8)5-4-11/h2-3,6H,4-5H2,1H3. The average molecular weight is 212 g/mol. The van der Waals surface area contributed by atoms with Gasteiger partial charge in [0.2, 0.25) is 0 Å². The smallest absolute Gasteiger partial charge is 0.408 e. The molecule has 74 valence electrons. The van der Waals surface area contributed by atoms with Gasteiger partial charge in [-0.1, -0.05) is 6.07 Å². The van der Waals surface area contributed by atoms with Crippen molar-refractivity contribution in [1.82, 2.24) is 4.57 Å². The molecular formula is C10H10ClNO2. The van der Waals surface area contributed by atoms with Crippen molar-refractivity contribution in [2.45, 2.75) is 13.5 Å². The second-order valence-corrected chi connectivity index (χ2v) is 3.56. The summed E-state index contributed by atoms with van der Waals surface area (Å²) in [6.07, 6.45) is 0. The van der Waals surface area contributed by atoms with E-state index in [4.69, 9.17) is 16.0 Å². The minimum Gasteiger partial charge on any atom is -0.408 e. The predicted octanol–water partition coefficient (Wildman–Crippen LogP) is 2.14. The Labute approximate surface area is 85.9 Å². The molecule has 0 radical (unpaired) electrons. The van der Waals surface area contributed by atoms with Gasteiger partial charge in [0.05, 0.1) is 5.52 Å². The topological polar surface area (TPSA) is 35.1 Å². The molecule has 0 saturated carbocycles. The molecule has 2 rings (SSSR count). The van der Waals surface area contributed by atoms with Crippen LogP contribution in [-0.2, 0) is 6.54 Å². The summed E-state index contributed by atoms with van der Waals surface area (Å²) in [5.41, 5.74) is 2.51. The SMILES string of the molecule is Cc1ccc2c(c1)oc(=O)n2CCCl. The fourth-order valence-electron chi connectivity index (χ4n) is 1.47. The lowest BCUT2D eigenvalue weighted by Crippen LogP contribution is -2.14. The van der Waals surface area contributed by atoms with E-state index >= 15 is 0 Å². The molecule has 0 amide bonds. The van der Waals surface area contributed by atoms with Crippen LogP contribution in [0.15, 0.2) is 27.4 Å². The molecule has 0 saturated heterocycles. The highest BCUT2D eigenvalue weighted by Gasteiger charge is 2.07. The van der Waals surface area contributed by atoms with E-state index in [1.807, 2.05) is 25.1 Å². The van der Waals surface area contributed by atoms with Crippen molar-refractivity contribution >= 4 is 22.7 Å². The summed E-state index contributed by atoms with van der Waals surface area (Å²) in [5.74, 6) is 0.0637. The number of rotatable bonds is 2. The van der Waals surface area contributed by atoms with Crippen LogP contribution in [-0.4, -0.2) is 10.4 Å². The molecule has 1 aromatic carbocycles. The van der Waals surface area contributed by atoms with E-state index in [1.165, 1.54) is 0 Å². The Kier molecular flexibility index (Phi) is 2.33. The number of alkyl halides is 1. The minimum atomic E-state index is -0.341. The first-order valence-corrected chi connectivity index (χ1v) is 4.92. The normalized spacial score (nSPS) is 11.0. The van der Waals surface area contributed by atoms with Gasteiger partial charge in [-0.15, -0.1) is 11.6 Å². The summed E-state index contributed by atoms with van der Waals surface area (Å²) < 4.78 is 6.62. The number of nitrogens with zero attached hydrogens (tertiary/aromatic N) is 1. The summed E-state index contributed by atoms with van der Waals surface area (Å²) in [6.45, 7) is 2.44. The average Bonchev–Trinajstić information content (AvgIpc) is 2.43. The summed E-state index contributed by atoms with van der Waals surface area (Å²) in [6, 6.07) is 5.67. The maximum absolute atomic E-state index is 11.4. The Morgan fingerprint density at radius 2 is 2.29 bits per heavy atom. The first-order valence-electron chi connectivity index (χ1n) is 4.38. The highest BCUT2D eigenvalue weighted by atomic mass is 35.5. The van der Waals surface area contributed by atoms with Crippen molar-refractivity contribution in [2.75, 3.05) is 5.88 Å².